The number of thiol groups is 1. The summed E-state index contributed by atoms with van der Waals surface area (Å²) in [6.07, 6.45) is 4.27. The molecule has 1 aliphatic rings. The van der Waals surface area contributed by atoms with Gasteiger partial charge in [-0.15, -0.1) is 0 Å². The van der Waals surface area contributed by atoms with Crippen LogP contribution in [-0.4, -0.2) is 0 Å². The molecule has 0 amide bonds. The number of hydrogen-bond acceptors (Lipinski definition) is 0. The topological polar surface area (TPSA) is 0 Å². The third kappa shape index (κ3) is 2.20. The molecule has 0 fully saturated rings. The molecule has 2 aromatic carbocycles. The van der Waals surface area contributed by atoms with Crippen molar-refractivity contribution < 1.29 is 0 Å². The minimum Gasteiger partial charge on any atom is -0.186 e. The normalized spacial score (nSPS) is 15.4. The maximum absolute atomic E-state index is 2.28. The molecule has 0 unspecified atom stereocenters. The molecule has 0 spiro atoms. The molecule has 1 heteroatoms. The summed E-state index contributed by atoms with van der Waals surface area (Å²) in [5.41, 5.74) is 2.57. The van der Waals surface area contributed by atoms with Crippen LogP contribution >= 0.6 is 10.9 Å². The molecule has 0 saturated carbocycles. The van der Waals surface area contributed by atoms with Gasteiger partial charge in [-0.25, -0.2) is 0 Å². The average molecular weight is 238 g/mol. The molecule has 3 rings (SSSR count). The number of benzene rings is 2. The molecule has 0 radical (unpaired) electrons. The fourth-order valence-corrected chi connectivity index (χ4v) is 3.47. The fraction of sp³-hybridized carbons (Fsp3) is 0. The molecule has 1 aliphatic heterocycles. The molecule has 0 aliphatic carbocycles. The van der Waals surface area contributed by atoms with Crippen LogP contribution in [-0.2, 0) is 0 Å². The highest BCUT2D eigenvalue weighted by molar-refractivity contribution is 8.22. The fourth-order valence-electron chi connectivity index (χ4n) is 1.96. The first-order chi connectivity index (χ1) is 8.43. The Morgan fingerprint density at radius 2 is 1.18 bits per heavy atom. The van der Waals surface area contributed by atoms with Gasteiger partial charge in [0.15, 0.2) is 0 Å². The van der Waals surface area contributed by atoms with E-state index in [4.69, 9.17) is 0 Å². The van der Waals surface area contributed by atoms with Crippen molar-refractivity contribution in [2.24, 2.45) is 0 Å². The third-order valence-electron chi connectivity index (χ3n) is 2.88. The van der Waals surface area contributed by atoms with E-state index in [0.29, 0.717) is 0 Å². The van der Waals surface area contributed by atoms with Gasteiger partial charge in [0.05, 0.1) is 0 Å². The van der Waals surface area contributed by atoms with Crippen LogP contribution in [0.3, 0.4) is 0 Å². The molecule has 0 N–H and O–H groups in total. The first-order valence-corrected chi connectivity index (χ1v) is 7.20. The lowest BCUT2D eigenvalue weighted by Gasteiger charge is -2.11. The van der Waals surface area contributed by atoms with Crippen LogP contribution in [0, 0.1) is 0 Å². The Hall–Kier alpha value is -1.73. The Morgan fingerprint density at radius 1 is 0.588 bits per heavy atom. The van der Waals surface area contributed by atoms with Gasteiger partial charge in [-0.1, -0.05) is 54.6 Å². The van der Waals surface area contributed by atoms with Crippen molar-refractivity contribution in [1.29, 1.82) is 0 Å². The van der Waals surface area contributed by atoms with Gasteiger partial charge in [0.25, 0.3) is 0 Å². The molecule has 1 heterocycles. The standard InChI is InChI=1S/C16H14S/c1-2-6-14(7-3-1)15-8-10-16(11-9-15)17-12-4-5-13-17/h1-13,17H. The molecule has 2 aromatic rings. The Balaban J connectivity index is 1.90. The van der Waals surface area contributed by atoms with E-state index >= 15 is 0 Å². The van der Waals surface area contributed by atoms with Gasteiger partial charge in [-0.2, -0.15) is 10.9 Å². The van der Waals surface area contributed by atoms with Crippen LogP contribution in [0.4, 0.5) is 0 Å². The number of rotatable bonds is 2. The summed E-state index contributed by atoms with van der Waals surface area (Å²) in [5, 5.41) is 4.57. The van der Waals surface area contributed by atoms with Gasteiger partial charge in [0.2, 0.25) is 0 Å². The summed E-state index contributed by atoms with van der Waals surface area (Å²) < 4.78 is 0. The van der Waals surface area contributed by atoms with Crippen molar-refractivity contribution in [1.82, 2.24) is 0 Å². The van der Waals surface area contributed by atoms with Crippen LogP contribution in [0.1, 0.15) is 0 Å². The highest BCUT2D eigenvalue weighted by Crippen LogP contribution is 2.42. The zero-order valence-corrected chi connectivity index (χ0v) is 10.3. The van der Waals surface area contributed by atoms with E-state index < -0.39 is 0 Å². The van der Waals surface area contributed by atoms with E-state index in [0.717, 1.165) is 0 Å². The van der Waals surface area contributed by atoms with Gasteiger partial charge in [0.1, 0.15) is 0 Å². The van der Waals surface area contributed by atoms with Crippen LogP contribution < -0.4 is 0 Å². The van der Waals surface area contributed by atoms with Crippen LogP contribution in [0.2, 0.25) is 0 Å². The first kappa shape index (κ1) is 10.4. The predicted octanol–water partition coefficient (Wildman–Crippen LogP) is 4.75. The molecule has 0 atom stereocenters. The van der Waals surface area contributed by atoms with Gasteiger partial charge in [-0.05, 0) is 39.0 Å². The van der Waals surface area contributed by atoms with E-state index in [1.807, 2.05) is 0 Å². The second-order valence-corrected chi connectivity index (χ2v) is 5.93. The van der Waals surface area contributed by atoms with Crippen molar-refractivity contribution in [3.8, 4) is 11.1 Å². The van der Waals surface area contributed by atoms with Crippen LogP contribution in [0.25, 0.3) is 11.1 Å². The largest absolute Gasteiger partial charge is 0.186 e. The molecular formula is C16H14S. The van der Waals surface area contributed by atoms with Crippen molar-refractivity contribution in [3.05, 3.63) is 77.6 Å². The molecule has 0 aromatic heterocycles. The highest BCUT2D eigenvalue weighted by Gasteiger charge is 2.03. The maximum Gasteiger partial charge on any atom is -0.00548 e. The van der Waals surface area contributed by atoms with Crippen molar-refractivity contribution in [2.75, 3.05) is 0 Å². The summed E-state index contributed by atoms with van der Waals surface area (Å²) in [7, 11) is -0.183. The Bertz CT molecular complexity index is 538. The molecular weight excluding hydrogens is 224 g/mol. The molecule has 0 nitrogen and oxygen atoms in total. The van der Waals surface area contributed by atoms with E-state index in [1.54, 1.807) is 0 Å². The zero-order chi connectivity index (χ0) is 11.5. The summed E-state index contributed by atoms with van der Waals surface area (Å²) >= 11 is 0. The van der Waals surface area contributed by atoms with Crippen molar-refractivity contribution in [3.63, 3.8) is 0 Å². The Labute approximate surface area is 105 Å². The Morgan fingerprint density at radius 3 is 1.82 bits per heavy atom. The zero-order valence-electron chi connectivity index (χ0n) is 9.45. The van der Waals surface area contributed by atoms with E-state index in [-0.39, 0.29) is 10.9 Å². The predicted molar refractivity (Wildman–Crippen MR) is 77.4 cm³/mol. The second kappa shape index (κ2) is 4.64. The SMILES string of the molecule is C1=C[SH](c2ccc(-c3ccccc3)cc2)C=C1. The summed E-state index contributed by atoms with van der Waals surface area (Å²) in [4.78, 5) is 1.42. The molecule has 17 heavy (non-hydrogen) atoms. The summed E-state index contributed by atoms with van der Waals surface area (Å²) in [6.45, 7) is 0. The Kier molecular flexibility index (Phi) is 2.85. The van der Waals surface area contributed by atoms with E-state index in [2.05, 4.69) is 77.6 Å². The van der Waals surface area contributed by atoms with E-state index in [9.17, 15) is 0 Å². The maximum atomic E-state index is 2.28. The summed E-state index contributed by atoms with van der Waals surface area (Å²) in [5.74, 6) is 0. The van der Waals surface area contributed by atoms with Gasteiger partial charge >= 0.3 is 0 Å². The van der Waals surface area contributed by atoms with Crippen molar-refractivity contribution in [2.45, 2.75) is 4.90 Å². The quantitative estimate of drug-likeness (QED) is 0.717. The first-order valence-electron chi connectivity index (χ1n) is 5.72. The monoisotopic (exact) mass is 238 g/mol. The number of hydrogen-bond donors (Lipinski definition) is 1. The van der Waals surface area contributed by atoms with E-state index in [1.165, 1.54) is 16.0 Å². The van der Waals surface area contributed by atoms with Gasteiger partial charge < -0.3 is 0 Å². The second-order valence-electron chi connectivity index (χ2n) is 4.00. The van der Waals surface area contributed by atoms with Crippen molar-refractivity contribution >= 4 is 10.9 Å². The molecule has 0 bridgehead atoms. The van der Waals surface area contributed by atoms with Crippen LogP contribution in [0.15, 0.2) is 82.5 Å². The van der Waals surface area contributed by atoms with Gasteiger partial charge in [-0.3, -0.25) is 0 Å². The molecule has 0 saturated heterocycles. The van der Waals surface area contributed by atoms with Gasteiger partial charge in [0, 0.05) is 0 Å². The smallest absolute Gasteiger partial charge is 0.00548 e. The minimum absolute atomic E-state index is 0.183. The third-order valence-corrected chi connectivity index (χ3v) is 4.76. The minimum atomic E-state index is -0.183. The lowest BCUT2D eigenvalue weighted by molar-refractivity contribution is 1.46. The molecule has 84 valence electrons. The average Bonchev–Trinajstić information content (AvgIpc) is 2.94. The number of allylic oxidation sites excluding steroid dienone is 2. The van der Waals surface area contributed by atoms with Crippen LogP contribution in [0.5, 0.6) is 0 Å². The lowest BCUT2D eigenvalue weighted by atomic mass is 10.1. The highest BCUT2D eigenvalue weighted by atomic mass is 32.2. The lowest BCUT2D eigenvalue weighted by Crippen LogP contribution is -1.78. The summed E-state index contributed by atoms with van der Waals surface area (Å²) in [6, 6.07) is 19.4.